The summed E-state index contributed by atoms with van der Waals surface area (Å²) in [5.41, 5.74) is 7.54. The average molecular weight is 819 g/mol. The number of hydrazone groups is 1. The lowest BCUT2D eigenvalue weighted by Crippen LogP contribution is -2.27. The van der Waals surface area contributed by atoms with Crippen molar-refractivity contribution in [3.05, 3.63) is 119 Å². The van der Waals surface area contributed by atoms with Crippen molar-refractivity contribution in [2.24, 2.45) is 25.6 Å². The molecule has 22 heteroatoms. The van der Waals surface area contributed by atoms with Gasteiger partial charge in [0, 0.05) is 17.3 Å². The SMILES string of the molecule is Nc1cc(O)ccc1/N=N/c1ccc(Nc2ccc(/N=N/c3cc4c(cc3S(=O)(=O)O)C=C(S(=O)(=O)O)/C(=N/Nc3ccccc3)C4=O)cc2S(=O)(=O)O)cc1. The first-order valence-electron chi connectivity index (χ1n) is 15.6. The Bertz CT molecular complexity index is 2860. The van der Waals surface area contributed by atoms with Crippen LogP contribution >= 0.6 is 0 Å². The zero-order valence-electron chi connectivity index (χ0n) is 28.1. The van der Waals surface area contributed by atoms with Gasteiger partial charge >= 0.3 is 0 Å². The first-order valence-corrected chi connectivity index (χ1v) is 19.9. The van der Waals surface area contributed by atoms with Crippen molar-refractivity contribution in [2.45, 2.75) is 9.79 Å². The molecular formula is C34H26N8O11S3. The lowest BCUT2D eigenvalue weighted by molar-refractivity contribution is 0.106. The van der Waals surface area contributed by atoms with Crippen LogP contribution in [0.5, 0.6) is 5.75 Å². The van der Waals surface area contributed by atoms with Gasteiger partial charge in [-0.1, -0.05) is 18.2 Å². The number of nitrogens with two attached hydrogens (primary N) is 1. The molecule has 19 nitrogen and oxygen atoms in total. The van der Waals surface area contributed by atoms with E-state index in [1.165, 1.54) is 42.5 Å². The highest BCUT2D eigenvalue weighted by Crippen LogP contribution is 2.36. The third-order valence-corrected chi connectivity index (χ3v) is 10.3. The molecule has 0 unspecified atom stereocenters. The normalized spacial score (nSPS) is 14.2. The molecule has 0 atom stereocenters. The minimum atomic E-state index is -5.12. The van der Waals surface area contributed by atoms with Crippen LogP contribution in [0.2, 0.25) is 0 Å². The Kier molecular flexibility index (Phi) is 10.6. The smallest absolute Gasteiger partial charge is 0.296 e. The largest absolute Gasteiger partial charge is 0.508 e. The summed E-state index contributed by atoms with van der Waals surface area (Å²) in [6, 6.07) is 23.4. The number of phenolic OH excluding ortho intramolecular Hbond substituents is 1. The minimum absolute atomic E-state index is 0.0347. The number of aromatic hydroxyl groups is 1. The quantitative estimate of drug-likeness (QED) is 0.0307. The van der Waals surface area contributed by atoms with Gasteiger partial charge in [-0.05, 0) is 90.5 Å². The summed E-state index contributed by atoms with van der Waals surface area (Å²) in [5, 5.41) is 32.0. The Labute approximate surface area is 317 Å². The Balaban J connectivity index is 1.31. The minimum Gasteiger partial charge on any atom is -0.508 e. The topological polar surface area (TPSA) is 312 Å². The number of allylic oxidation sites excluding steroid dienone is 1. The molecule has 8 N–H and O–H groups in total. The van der Waals surface area contributed by atoms with Crippen LogP contribution in [-0.4, -0.2) is 55.5 Å². The number of nitrogen functional groups attached to an aromatic ring is 1. The monoisotopic (exact) mass is 818 g/mol. The van der Waals surface area contributed by atoms with Crippen LogP contribution < -0.4 is 16.5 Å². The predicted octanol–water partition coefficient (Wildman–Crippen LogP) is 6.94. The second-order valence-electron chi connectivity index (χ2n) is 11.6. The number of hydrogen-bond donors (Lipinski definition) is 7. The van der Waals surface area contributed by atoms with Crippen LogP contribution in [0.3, 0.4) is 0 Å². The Morgan fingerprint density at radius 2 is 1.25 bits per heavy atom. The fraction of sp³-hybridized carbons (Fsp3) is 0. The number of nitrogens with zero attached hydrogens (tertiary/aromatic N) is 5. The van der Waals surface area contributed by atoms with Crippen LogP contribution in [0.1, 0.15) is 15.9 Å². The van der Waals surface area contributed by atoms with Crippen LogP contribution in [-0.2, 0) is 30.4 Å². The molecule has 0 radical (unpaired) electrons. The van der Waals surface area contributed by atoms with Crippen molar-refractivity contribution >= 4 is 93.4 Å². The molecule has 0 fully saturated rings. The third-order valence-electron chi connectivity index (χ3n) is 7.68. The molecule has 0 aromatic heterocycles. The van der Waals surface area contributed by atoms with Crippen molar-refractivity contribution in [3.63, 3.8) is 0 Å². The van der Waals surface area contributed by atoms with Gasteiger partial charge in [0.05, 0.1) is 28.4 Å². The van der Waals surface area contributed by atoms with Crippen LogP contribution in [0.25, 0.3) is 6.08 Å². The number of anilines is 4. The van der Waals surface area contributed by atoms with Gasteiger partial charge in [0.2, 0.25) is 5.78 Å². The van der Waals surface area contributed by atoms with E-state index in [2.05, 4.69) is 36.3 Å². The maximum atomic E-state index is 13.6. The maximum absolute atomic E-state index is 13.6. The number of nitrogens with one attached hydrogen (secondary N) is 2. The van der Waals surface area contributed by atoms with Gasteiger partial charge in [-0.15, -0.1) is 10.2 Å². The second kappa shape index (κ2) is 15.2. The van der Waals surface area contributed by atoms with Gasteiger partial charge in [-0.3, -0.25) is 23.9 Å². The number of Topliss-reactive ketones (excluding diaryl/α,β-unsaturated/α-hetero) is 1. The molecule has 0 bridgehead atoms. The number of hydrogen-bond acceptors (Lipinski definition) is 16. The molecule has 0 saturated carbocycles. The van der Waals surface area contributed by atoms with E-state index < -0.39 is 62.2 Å². The summed E-state index contributed by atoms with van der Waals surface area (Å²) in [4.78, 5) is 11.0. The number of carbonyl (C=O) groups is 1. The molecule has 286 valence electrons. The van der Waals surface area contributed by atoms with E-state index >= 15 is 0 Å². The fourth-order valence-electron chi connectivity index (χ4n) is 5.08. The number of para-hydroxylation sites is 1. The standard InChI is InChI=1S/C34H26N8O11S3/c35-26-17-24(43)11-13-27(26)40-37-22-8-6-20(7-9-22)36-28-12-10-23(16-31(28)55(48,49)50)39-41-29-18-25-19(14-30(29)54(45,46)47)15-32(56(51,52)53)33(34(25)44)42-38-21-4-2-1-3-5-21/h1-18,36,38,43H,35H2,(H,45,46,47)(H,48,49,50)(H,51,52,53)/b40-37+,41-39+,42-33-. The Morgan fingerprint density at radius 3 is 1.89 bits per heavy atom. The molecule has 1 aliphatic rings. The molecule has 1 aliphatic carbocycles. The number of ketones is 1. The van der Waals surface area contributed by atoms with E-state index in [1.807, 2.05) is 0 Å². The molecule has 6 rings (SSSR count). The summed E-state index contributed by atoms with van der Waals surface area (Å²) in [6.45, 7) is 0. The van der Waals surface area contributed by atoms with Gasteiger partial charge in [0.15, 0.2) is 5.71 Å². The van der Waals surface area contributed by atoms with E-state index in [0.29, 0.717) is 22.7 Å². The number of rotatable bonds is 11. The number of phenols is 1. The predicted molar refractivity (Wildman–Crippen MR) is 204 cm³/mol. The molecule has 56 heavy (non-hydrogen) atoms. The van der Waals surface area contributed by atoms with Gasteiger partial charge in [0.25, 0.3) is 30.4 Å². The molecular weight excluding hydrogens is 793 g/mol. The van der Waals surface area contributed by atoms with Gasteiger partial charge in [-0.25, -0.2) is 0 Å². The number of carbonyl (C=O) groups excluding carboxylic acids is 1. The van der Waals surface area contributed by atoms with Gasteiger partial charge < -0.3 is 16.2 Å². The number of fused-ring (bicyclic) bond motifs is 1. The van der Waals surface area contributed by atoms with Crippen molar-refractivity contribution in [3.8, 4) is 5.75 Å². The summed E-state index contributed by atoms with van der Waals surface area (Å²) in [6.07, 6.45) is 0.781. The van der Waals surface area contributed by atoms with E-state index in [0.717, 1.165) is 24.3 Å². The van der Waals surface area contributed by atoms with E-state index in [-0.39, 0.29) is 33.9 Å². The average Bonchev–Trinajstić information content (AvgIpc) is 3.13. The van der Waals surface area contributed by atoms with E-state index in [4.69, 9.17) is 5.73 Å². The molecule has 0 spiro atoms. The molecule has 5 aromatic rings. The molecule has 0 heterocycles. The van der Waals surface area contributed by atoms with Gasteiger partial charge in [-0.2, -0.15) is 40.6 Å². The van der Waals surface area contributed by atoms with Crippen molar-refractivity contribution in [1.29, 1.82) is 0 Å². The molecule has 0 saturated heterocycles. The Morgan fingerprint density at radius 1 is 0.607 bits per heavy atom. The fourth-order valence-corrected chi connectivity index (χ4v) is 7.05. The first-order chi connectivity index (χ1) is 26.4. The van der Waals surface area contributed by atoms with E-state index in [1.54, 1.807) is 42.5 Å². The summed E-state index contributed by atoms with van der Waals surface area (Å²) in [7, 11) is -15.1. The highest BCUT2D eigenvalue weighted by atomic mass is 32.2. The highest BCUT2D eigenvalue weighted by molar-refractivity contribution is 7.91. The molecule has 0 amide bonds. The van der Waals surface area contributed by atoms with Crippen LogP contribution in [0.4, 0.5) is 45.5 Å². The summed E-state index contributed by atoms with van der Waals surface area (Å²) >= 11 is 0. The van der Waals surface area contributed by atoms with E-state index in [9.17, 15) is 48.8 Å². The van der Waals surface area contributed by atoms with Crippen molar-refractivity contribution in [2.75, 3.05) is 16.5 Å². The Hall–Kier alpha value is -6.69. The van der Waals surface area contributed by atoms with Crippen molar-refractivity contribution in [1.82, 2.24) is 0 Å². The number of benzene rings is 5. The molecule has 0 aliphatic heterocycles. The maximum Gasteiger partial charge on any atom is 0.296 e. The third kappa shape index (κ3) is 8.98. The van der Waals surface area contributed by atoms with Crippen molar-refractivity contribution < 1.29 is 48.8 Å². The lowest BCUT2D eigenvalue weighted by Gasteiger charge is -2.17. The summed E-state index contributed by atoms with van der Waals surface area (Å²) in [5.74, 6) is -1.12. The lowest BCUT2D eigenvalue weighted by atomic mass is 9.94. The summed E-state index contributed by atoms with van der Waals surface area (Å²) < 4.78 is 104. The zero-order valence-corrected chi connectivity index (χ0v) is 30.5. The zero-order chi connectivity index (χ0) is 40.4. The second-order valence-corrected chi connectivity index (χ2v) is 15.8. The number of azo groups is 2. The molecule has 5 aromatic carbocycles. The van der Waals surface area contributed by atoms with Gasteiger partial charge in [0.1, 0.15) is 31.8 Å². The van der Waals surface area contributed by atoms with Crippen LogP contribution in [0.15, 0.2) is 143 Å². The van der Waals surface area contributed by atoms with Crippen LogP contribution in [0, 0.1) is 0 Å². The first kappa shape index (κ1) is 39.0. The highest BCUT2D eigenvalue weighted by Gasteiger charge is 2.35.